The van der Waals surface area contributed by atoms with Crippen LogP contribution in [0.25, 0.3) is 11.1 Å². The van der Waals surface area contributed by atoms with Crippen molar-refractivity contribution >= 4 is 6.29 Å². The molecular formula is C26H30F2O6. The Balaban J connectivity index is 2.84. The molecular weight excluding hydrogens is 446 g/mol. The topological polar surface area (TPSA) is 74.2 Å². The van der Waals surface area contributed by atoms with Crippen LogP contribution in [0.2, 0.25) is 0 Å². The Bertz CT molecular complexity index is 974. The van der Waals surface area contributed by atoms with Crippen molar-refractivity contribution in [1.29, 1.82) is 0 Å². The van der Waals surface area contributed by atoms with E-state index in [0.29, 0.717) is 41.8 Å². The fraction of sp³-hybridized carbons (Fsp3) is 0.346. The van der Waals surface area contributed by atoms with Crippen LogP contribution < -0.4 is 14.2 Å². The molecule has 8 heteroatoms. The van der Waals surface area contributed by atoms with Gasteiger partial charge in [-0.15, -0.1) is 0 Å². The van der Waals surface area contributed by atoms with E-state index in [2.05, 4.69) is 13.2 Å². The first-order valence-corrected chi connectivity index (χ1v) is 10.9. The van der Waals surface area contributed by atoms with E-state index in [1.807, 2.05) is 6.92 Å². The number of carbonyl (C=O) groups excluding carboxylic acids is 1. The Labute approximate surface area is 198 Å². The van der Waals surface area contributed by atoms with Gasteiger partial charge in [-0.1, -0.05) is 32.2 Å². The maximum atomic E-state index is 13.2. The van der Waals surface area contributed by atoms with E-state index in [0.717, 1.165) is 11.1 Å². The lowest BCUT2D eigenvalue weighted by atomic mass is 9.89. The molecule has 2 aromatic rings. The SMILES string of the molecule is C=CCOc1cc(OCC=C)c(-c2cc(C=O)ccc2OC(F)F)c(CCOCCO)c1CC. The fourth-order valence-electron chi connectivity index (χ4n) is 3.58. The Morgan fingerprint density at radius 1 is 1.00 bits per heavy atom. The maximum Gasteiger partial charge on any atom is 0.387 e. The molecule has 0 amide bonds. The number of rotatable bonds is 16. The number of hydrogen-bond donors (Lipinski definition) is 1. The summed E-state index contributed by atoms with van der Waals surface area (Å²) in [7, 11) is 0. The second-order valence-corrected chi connectivity index (χ2v) is 7.10. The van der Waals surface area contributed by atoms with E-state index in [4.69, 9.17) is 24.1 Å². The van der Waals surface area contributed by atoms with Crippen LogP contribution in [-0.2, 0) is 17.6 Å². The first-order chi connectivity index (χ1) is 16.5. The second kappa shape index (κ2) is 14.1. The van der Waals surface area contributed by atoms with Crippen molar-refractivity contribution < 1.29 is 37.6 Å². The molecule has 184 valence electrons. The number of ether oxygens (including phenoxy) is 4. The highest BCUT2D eigenvalue weighted by molar-refractivity contribution is 5.86. The third-order valence-electron chi connectivity index (χ3n) is 4.90. The summed E-state index contributed by atoms with van der Waals surface area (Å²) in [6, 6.07) is 5.93. The van der Waals surface area contributed by atoms with Gasteiger partial charge in [0.25, 0.3) is 0 Å². The van der Waals surface area contributed by atoms with Crippen LogP contribution in [0.1, 0.15) is 28.4 Å². The van der Waals surface area contributed by atoms with E-state index in [-0.39, 0.29) is 44.3 Å². The summed E-state index contributed by atoms with van der Waals surface area (Å²) in [6.45, 7) is 6.94. The smallest absolute Gasteiger partial charge is 0.387 e. The summed E-state index contributed by atoms with van der Waals surface area (Å²) in [5.74, 6) is 0.823. The van der Waals surface area contributed by atoms with Crippen LogP contribution in [-0.4, -0.2) is 51.0 Å². The van der Waals surface area contributed by atoms with Crippen molar-refractivity contribution in [2.75, 3.05) is 33.0 Å². The predicted molar refractivity (Wildman–Crippen MR) is 126 cm³/mol. The molecule has 0 aliphatic carbocycles. The quantitative estimate of drug-likeness (QED) is 0.209. The van der Waals surface area contributed by atoms with Gasteiger partial charge in [-0.2, -0.15) is 8.78 Å². The van der Waals surface area contributed by atoms with Crippen LogP contribution in [0.4, 0.5) is 8.78 Å². The van der Waals surface area contributed by atoms with Gasteiger partial charge in [0.1, 0.15) is 36.7 Å². The molecule has 0 saturated carbocycles. The Kier molecular flexibility index (Phi) is 11.2. The second-order valence-electron chi connectivity index (χ2n) is 7.10. The molecule has 0 fully saturated rings. The van der Waals surface area contributed by atoms with Crippen molar-refractivity contribution in [3.8, 4) is 28.4 Å². The summed E-state index contributed by atoms with van der Waals surface area (Å²) in [6.07, 6.45) is 4.74. The van der Waals surface area contributed by atoms with E-state index < -0.39 is 6.61 Å². The number of halogens is 2. The molecule has 0 radical (unpaired) electrons. The number of carbonyl (C=O) groups is 1. The largest absolute Gasteiger partial charge is 0.489 e. The normalized spacial score (nSPS) is 10.7. The van der Waals surface area contributed by atoms with E-state index in [9.17, 15) is 13.6 Å². The summed E-state index contributed by atoms with van der Waals surface area (Å²) < 4.78 is 48.5. The van der Waals surface area contributed by atoms with Gasteiger partial charge in [0, 0.05) is 22.8 Å². The number of aliphatic hydroxyl groups is 1. The first-order valence-electron chi connectivity index (χ1n) is 10.9. The van der Waals surface area contributed by atoms with Gasteiger partial charge in [0.15, 0.2) is 0 Å². The lowest BCUT2D eigenvalue weighted by molar-refractivity contribution is -0.0494. The average molecular weight is 477 g/mol. The number of alkyl halides is 2. The van der Waals surface area contributed by atoms with Gasteiger partial charge < -0.3 is 24.1 Å². The predicted octanol–water partition coefficient (Wildman–Crippen LogP) is 5.01. The third-order valence-corrected chi connectivity index (χ3v) is 4.90. The van der Waals surface area contributed by atoms with Gasteiger partial charge in [0.05, 0.1) is 19.8 Å². The molecule has 0 aliphatic heterocycles. The van der Waals surface area contributed by atoms with Crippen molar-refractivity contribution in [1.82, 2.24) is 0 Å². The first kappa shape index (κ1) is 27.0. The Morgan fingerprint density at radius 2 is 1.71 bits per heavy atom. The van der Waals surface area contributed by atoms with Crippen LogP contribution >= 0.6 is 0 Å². The Morgan fingerprint density at radius 3 is 2.29 bits per heavy atom. The molecule has 0 aromatic heterocycles. The number of aliphatic hydroxyl groups excluding tert-OH is 1. The Hall–Kier alpha value is -3.23. The monoisotopic (exact) mass is 476 g/mol. The maximum absolute atomic E-state index is 13.2. The van der Waals surface area contributed by atoms with Crippen molar-refractivity contribution in [2.24, 2.45) is 0 Å². The highest BCUT2D eigenvalue weighted by atomic mass is 19.3. The molecule has 2 aromatic carbocycles. The van der Waals surface area contributed by atoms with Crippen LogP contribution in [0, 0.1) is 0 Å². The number of benzene rings is 2. The summed E-state index contributed by atoms with van der Waals surface area (Å²) in [4.78, 5) is 11.5. The minimum absolute atomic E-state index is 0.0941. The molecule has 0 unspecified atom stereocenters. The van der Waals surface area contributed by atoms with E-state index in [1.165, 1.54) is 18.2 Å². The zero-order valence-electron chi connectivity index (χ0n) is 19.2. The summed E-state index contributed by atoms with van der Waals surface area (Å²) >= 11 is 0. The number of hydrogen-bond acceptors (Lipinski definition) is 6. The molecule has 6 nitrogen and oxygen atoms in total. The van der Waals surface area contributed by atoms with Gasteiger partial charge in [-0.05, 0) is 42.2 Å². The van der Waals surface area contributed by atoms with Crippen LogP contribution in [0.5, 0.6) is 17.2 Å². The van der Waals surface area contributed by atoms with E-state index in [1.54, 1.807) is 18.2 Å². The van der Waals surface area contributed by atoms with Crippen molar-refractivity contribution in [2.45, 2.75) is 26.4 Å². The van der Waals surface area contributed by atoms with Crippen molar-refractivity contribution in [3.63, 3.8) is 0 Å². The minimum Gasteiger partial charge on any atom is -0.489 e. The molecule has 34 heavy (non-hydrogen) atoms. The number of aldehydes is 1. The molecule has 2 rings (SSSR count). The molecule has 0 saturated heterocycles. The lowest BCUT2D eigenvalue weighted by Crippen LogP contribution is -2.11. The third kappa shape index (κ3) is 7.13. The van der Waals surface area contributed by atoms with Gasteiger partial charge in [-0.3, -0.25) is 4.79 Å². The van der Waals surface area contributed by atoms with Crippen LogP contribution in [0.3, 0.4) is 0 Å². The summed E-state index contributed by atoms with van der Waals surface area (Å²) in [5.41, 5.74) is 2.64. The lowest BCUT2D eigenvalue weighted by Gasteiger charge is -2.23. The molecule has 1 N–H and O–H groups in total. The highest BCUT2D eigenvalue weighted by Crippen LogP contribution is 2.45. The van der Waals surface area contributed by atoms with Gasteiger partial charge >= 0.3 is 6.61 Å². The van der Waals surface area contributed by atoms with Crippen LogP contribution in [0.15, 0.2) is 49.6 Å². The van der Waals surface area contributed by atoms with Gasteiger partial charge in [0.2, 0.25) is 0 Å². The fourth-order valence-corrected chi connectivity index (χ4v) is 3.58. The molecule has 0 atom stereocenters. The van der Waals surface area contributed by atoms with E-state index >= 15 is 0 Å². The van der Waals surface area contributed by atoms with Gasteiger partial charge in [-0.25, -0.2) is 0 Å². The standard InChI is InChI=1S/C26H30F2O6/c1-4-11-32-23-16-24(33-12-5-2)25(20(19(23)6-3)9-13-31-14-10-29)21-15-18(17-30)7-8-22(21)34-26(27)28/h4-5,7-8,15-17,26,29H,1-2,6,9-14H2,3H3. The highest BCUT2D eigenvalue weighted by Gasteiger charge is 2.24. The molecule has 0 aliphatic rings. The van der Waals surface area contributed by atoms with Crippen molar-refractivity contribution in [3.05, 3.63) is 66.3 Å². The zero-order chi connectivity index (χ0) is 24.9. The average Bonchev–Trinajstić information content (AvgIpc) is 2.83. The summed E-state index contributed by atoms with van der Waals surface area (Å²) in [5, 5.41) is 9.05. The molecule has 0 heterocycles. The minimum atomic E-state index is -3.06. The molecule has 0 spiro atoms. The molecule has 0 bridgehead atoms. The zero-order valence-corrected chi connectivity index (χ0v) is 19.2.